The summed E-state index contributed by atoms with van der Waals surface area (Å²) in [6.07, 6.45) is 8.26. The molecule has 0 spiro atoms. The highest BCUT2D eigenvalue weighted by atomic mass is 19.3. The van der Waals surface area contributed by atoms with E-state index in [0.29, 0.717) is 12.0 Å². The van der Waals surface area contributed by atoms with Gasteiger partial charge in [-0.1, -0.05) is 19.1 Å². The summed E-state index contributed by atoms with van der Waals surface area (Å²) in [7, 11) is 0. The van der Waals surface area contributed by atoms with Crippen molar-refractivity contribution in [1.82, 2.24) is 9.97 Å². The summed E-state index contributed by atoms with van der Waals surface area (Å²) < 4.78 is 28.6. The van der Waals surface area contributed by atoms with Crippen molar-refractivity contribution in [2.45, 2.75) is 45.3 Å². The highest BCUT2D eigenvalue weighted by Crippen LogP contribution is 2.26. The van der Waals surface area contributed by atoms with Crippen LogP contribution in [0.5, 0.6) is 5.75 Å². The largest absolute Gasteiger partial charge is 0.435 e. The average molecular weight is 333 g/mol. The van der Waals surface area contributed by atoms with Gasteiger partial charge < -0.3 is 10.1 Å². The summed E-state index contributed by atoms with van der Waals surface area (Å²) in [5.41, 5.74) is 1.69. The zero-order valence-corrected chi connectivity index (χ0v) is 13.6. The van der Waals surface area contributed by atoms with Gasteiger partial charge in [-0.3, -0.25) is 0 Å². The summed E-state index contributed by atoms with van der Waals surface area (Å²) in [6.45, 7) is -0.522. The first kappa shape index (κ1) is 16.6. The van der Waals surface area contributed by atoms with Crippen molar-refractivity contribution in [3.05, 3.63) is 36.7 Å². The fraction of sp³-hybridized carbons (Fsp3) is 0.444. The summed E-state index contributed by atoms with van der Waals surface area (Å²) >= 11 is 0. The molecule has 1 aromatic heterocycles. The second-order valence-electron chi connectivity index (χ2n) is 6.30. The second-order valence-corrected chi connectivity index (χ2v) is 6.30. The molecule has 2 aromatic rings. The number of hydrogen-bond acceptors (Lipinski definition) is 4. The molecular weight excluding hydrogens is 312 g/mol. The molecule has 1 fully saturated rings. The van der Waals surface area contributed by atoms with Gasteiger partial charge in [-0.25, -0.2) is 9.97 Å². The molecule has 24 heavy (non-hydrogen) atoms. The van der Waals surface area contributed by atoms with E-state index in [4.69, 9.17) is 0 Å². The standard InChI is InChI=1S/C18H21F2N3O/c1-12-2-6-15(7-3-12)23-18-21-10-14(11-22-18)13-4-8-16(9-5-13)24-17(19)20/h4-5,8-12,15,17H,2-3,6-7H2,1H3,(H,21,22,23). The minimum absolute atomic E-state index is 0.138. The Bertz CT molecular complexity index is 638. The highest BCUT2D eigenvalue weighted by molar-refractivity contribution is 5.62. The first-order valence-electron chi connectivity index (χ1n) is 8.24. The average Bonchev–Trinajstić information content (AvgIpc) is 2.58. The molecule has 4 nitrogen and oxygen atoms in total. The molecule has 0 atom stereocenters. The first-order valence-corrected chi connectivity index (χ1v) is 8.24. The van der Waals surface area contributed by atoms with Crippen LogP contribution in [-0.4, -0.2) is 22.6 Å². The lowest BCUT2D eigenvalue weighted by Crippen LogP contribution is -2.26. The SMILES string of the molecule is CC1CCC(Nc2ncc(-c3ccc(OC(F)F)cc3)cn2)CC1. The van der Waals surface area contributed by atoms with Crippen molar-refractivity contribution in [3.8, 4) is 16.9 Å². The third-order valence-corrected chi connectivity index (χ3v) is 4.41. The smallest absolute Gasteiger partial charge is 0.387 e. The number of ether oxygens (including phenoxy) is 1. The number of rotatable bonds is 5. The molecule has 0 aliphatic heterocycles. The number of alkyl halides is 2. The van der Waals surface area contributed by atoms with Gasteiger partial charge in [0.05, 0.1) is 0 Å². The van der Waals surface area contributed by atoms with Crippen molar-refractivity contribution < 1.29 is 13.5 Å². The minimum atomic E-state index is -2.81. The molecule has 0 radical (unpaired) electrons. The van der Waals surface area contributed by atoms with Gasteiger partial charge >= 0.3 is 6.61 Å². The molecule has 0 unspecified atom stereocenters. The Labute approximate surface area is 140 Å². The van der Waals surface area contributed by atoms with E-state index < -0.39 is 6.61 Å². The summed E-state index contributed by atoms with van der Waals surface area (Å²) in [5, 5.41) is 3.39. The molecular formula is C18H21F2N3O. The van der Waals surface area contributed by atoms with Crippen LogP contribution in [-0.2, 0) is 0 Å². The van der Waals surface area contributed by atoms with Gasteiger partial charge in [-0.15, -0.1) is 0 Å². The van der Waals surface area contributed by atoms with Gasteiger partial charge in [-0.2, -0.15) is 8.78 Å². The zero-order chi connectivity index (χ0) is 16.9. The van der Waals surface area contributed by atoms with Gasteiger partial charge in [0.15, 0.2) is 0 Å². The maximum Gasteiger partial charge on any atom is 0.387 e. The van der Waals surface area contributed by atoms with Crippen LogP contribution in [0.25, 0.3) is 11.1 Å². The molecule has 1 heterocycles. The highest BCUT2D eigenvalue weighted by Gasteiger charge is 2.18. The molecule has 6 heteroatoms. The molecule has 128 valence electrons. The van der Waals surface area contributed by atoms with Gasteiger partial charge in [0.25, 0.3) is 0 Å². The van der Waals surface area contributed by atoms with Crippen molar-refractivity contribution in [1.29, 1.82) is 0 Å². The Kier molecular flexibility index (Phi) is 5.23. The number of hydrogen-bond donors (Lipinski definition) is 1. The summed E-state index contributed by atoms with van der Waals surface area (Å²) in [6, 6.07) is 6.89. The molecule has 1 N–H and O–H groups in total. The quantitative estimate of drug-likeness (QED) is 0.859. The van der Waals surface area contributed by atoms with Crippen molar-refractivity contribution in [2.75, 3.05) is 5.32 Å². The molecule has 0 amide bonds. The van der Waals surface area contributed by atoms with E-state index >= 15 is 0 Å². The Morgan fingerprint density at radius 1 is 1.00 bits per heavy atom. The van der Waals surface area contributed by atoms with Gasteiger partial charge in [0, 0.05) is 24.0 Å². The molecule has 3 rings (SSSR count). The topological polar surface area (TPSA) is 47.0 Å². The van der Waals surface area contributed by atoms with Crippen LogP contribution in [0.2, 0.25) is 0 Å². The number of halogens is 2. The predicted molar refractivity (Wildman–Crippen MR) is 89.1 cm³/mol. The Morgan fingerprint density at radius 2 is 1.62 bits per heavy atom. The monoisotopic (exact) mass is 333 g/mol. The molecule has 1 aliphatic rings. The fourth-order valence-electron chi connectivity index (χ4n) is 2.97. The lowest BCUT2D eigenvalue weighted by atomic mass is 9.87. The van der Waals surface area contributed by atoms with Crippen LogP contribution in [0.4, 0.5) is 14.7 Å². The number of anilines is 1. The lowest BCUT2D eigenvalue weighted by molar-refractivity contribution is -0.0498. The van der Waals surface area contributed by atoms with Crippen LogP contribution in [0.3, 0.4) is 0 Å². The lowest BCUT2D eigenvalue weighted by Gasteiger charge is -2.26. The molecule has 1 aliphatic carbocycles. The third-order valence-electron chi connectivity index (χ3n) is 4.41. The molecule has 0 bridgehead atoms. The van der Waals surface area contributed by atoms with E-state index in [1.165, 1.54) is 25.0 Å². The number of nitrogens with one attached hydrogen (secondary N) is 1. The fourth-order valence-corrected chi connectivity index (χ4v) is 2.97. The number of nitrogens with zero attached hydrogens (tertiary/aromatic N) is 2. The molecule has 1 saturated carbocycles. The van der Waals surface area contributed by atoms with E-state index in [-0.39, 0.29) is 5.75 Å². The van der Waals surface area contributed by atoms with Crippen LogP contribution < -0.4 is 10.1 Å². The molecule has 0 saturated heterocycles. The van der Waals surface area contributed by atoms with Crippen molar-refractivity contribution in [2.24, 2.45) is 5.92 Å². The van der Waals surface area contributed by atoms with E-state index in [9.17, 15) is 8.78 Å². The van der Waals surface area contributed by atoms with Gasteiger partial charge in [0.1, 0.15) is 5.75 Å². The maximum absolute atomic E-state index is 12.2. The Morgan fingerprint density at radius 3 is 2.21 bits per heavy atom. The maximum atomic E-state index is 12.2. The van der Waals surface area contributed by atoms with Crippen LogP contribution in [0.1, 0.15) is 32.6 Å². The van der Waals surface area contributed by atoms with Gasteiger partial charge in [-0.05, 0) is 49.3 Å². The van der Waals surface area contributed by atoms with E-state index in [1.54, 1.807) is 24.5 Å². The van der Waals surface area contributed by atoms with Gasteiger partial charge in [0.2, 0.25) is 5.95 Å². The van der Waals surface area contributed by atoms with Crippen molar-refractivity contribution in [3.63, 3.8) is 0 Å². The van der Waals surface area contributed by atoms with Crippen LogP contribution in [0.15, 0.2) is 36.7 Å². The van der Waals surface area contributed by atoms with E-state index in [1.807, 2.05) is 0 Å². The Balaban J connectivity index is 1.61. The van der Waals surface area contributed by atoms with E-state index in [2.05, 4.69) is 26.9 Å². The van der Waals surface area contributed by atoms with Crippen LogP contribution in [0, 0.1) is 5.92 Å². The minimum Gasteiger partial charge on any atom is -0.435 e. The predicted octanol–water partition coefficient (Wildman–Crippen LogP) is 4.74. The number of benzene rings is 1. The third kappa shape index (κ3) is 4.40. The zero-order valence-electron chi connectivity index (χ0n) is 13.6. The number of aromatic nitrogens is 2. The van der Waals surface area contributed by atoms with Crippen LogP contribution >= 0.6 is 0 Å². The molecule has 1 aromatic carbocycles. The first-order chi connectivity index (χ1) is 11.6. The summed E-state index contributed by atoms with van der Waals surface area (Å²) in [5.74, 6) is 1.58. The second kappa shape index (κ2) is 7.55. The normalized spacial score (nSPS) is 20.8. The van der Waals surface area contributed by atoms with E-state index in [0.717, 1.165) is 29.9 Å². The Hall–Kier alpha value is -2.24. The summed E-state index contributed by atoms with van der Waals surface area (Å²) in [4.78, 5) is 8.73. The van der Waals surface area contributed by atoms with Crippen molar-refractivity contribution >= 4 is 5.95 Å².